The normalized spacial score (nSPS) is 11.9. The zero-order chi connectivity index (χ0) is 13.0. The van der Waals surface area contributed by atoms with E-state index in [1.807, 2.05) is 30.5 Å². The van der Waals surface area contributed by atoms with E-state index in [1.54, 1.807) is 0 Å². The molecule has 18 heavy (non-hydrogen) atoms. The standard InChI is InChI=1S/C15H21N3/c1-15(2,3)8-9-16-10-12-11-17-13-6-4-5-7-14(13)18-12/h4-7,11,16H,8-10H2,1-3H3. The fourth-order valence-electron chi connectivity index (χ4n) is 1.76. The van der Waals surface area contributed by atoms with E-state index < -0.39 is 0 Å². The second-order valence-electron chi connectivity index (χ2n) is 5.84. The topological polar surface area (TPSA) is 37.8 Å². The van der Waals surface area contributed by atoms with Crippen LogP contribution in [0.25, 0.3) is 11.0 Å². The number of benzene rings is 1. The van der Waals surface area contributed by atoms with Crippen LogP contribution in [0.2, 0.25) is 0 Å². The molecule has 0 spiro atoms. The van der Waals surface area contributed by atoms with Gasteiger partial charge in [0.05, 0.1) is 22.9 Å². The van der Waals surface area contributed by atoms with Crippen LogP contribution in [-0.4, -0.2) is 16.5 Å². The Morgan fingerprint density at radius 2 is 1.83 bits per heavy atom. The van der Waals surface area contributed by atoms with E-state index in [2.05, 4.69) is 36.1 Å². The number of fused-ring (bicyclic) bond motifs is 1. The van der Waals surface area contributed by atoms with E-state index in [4.69, 9.17) is 0 Å². The summed E-state index contributed by atoms with van der Waals surface area (Å²) in [5.41, 5.74) is 3.30. The van der Waals surface area contributed by atoms with Crippen molar-refractivity contribution in [2.45, 2.75) is 33.7 Å². The van der Waals surface area contributed by atoms with Crippen molar-refractivity contribution >= 4 is 11.0 Å². The molecule has 2 rings (SSSR count). The molecular formula is C15H21N3. The Balaban J connectivity index is 1.92. The molecule has 1 N–H and O–H groups in total. The molecule has 0 radical (unpaired) electrons. The summed E-state index contributed by atoms with van der Waals surface area (Å²) in [5, 5.41) is 3.42. The summed E-state index contributed by atoms with van der Waals surface area (Å²) in [5.74, 6) is 0. The van der Waals surface area contributed by atoms with Gasteiger partial charge in [0.25, 0.3) is 0 Å². The largest absolute Gasteiger partial charge is 0.311 e. The molecule has 0 saturated heterocycles. The summed E-state index contributed by atoms with van der Waals surface area (Å²) < 4.78 is 0. The predicted molar refractivity (Wildman–Crippen MR) is 75.3 cm³/mol. The first-order valence-corrected chi connectivity index (χ1v) is 6.46. The maximum Gasteiger partial charge on any atom is 0.0890 e. The van der Waals surface area contributed by atoms with Crippen LogP contribution < -0.4 is 5.32 Å². The van der Waals surface area contributed by atoms with Crippen molar-refractivity contribution in [3.05, 3.63) is 36.2 Å². The molecule has 3 heteroatoms. The highest BCUT2D eigenvalue weighted by Gasteiger charge is 2.08. The second kappa shape index (κ2) is 5.44. The number of nitrogens with one attached hydrogen (secondary N) is 1. The summed E-state index contributed by atoms with van der Waals surface area (Å²) >= 11 is 0. The summed E-state index contributed by atoms with van der Waals surface area (Å²) in [6.07, 6.45) is 3.01. The van der Waals surface area contributed by atoms with Gasteiger partial charge in [-0.25, -0.2) is 4.98 Å². The highest BCUT2D eigenvalue weighted by molar-refractivity contribution is 5.73. The fourth-order valence-corrected chi connectivity index (χ4v) is 1.76. The fraction of sp³-hybridized carbons (Fsp3) is 0.467. The average Bonchev–Trinajstić information content (AvgIpc) is 2.33. The molecule has 0 amide bonds. The molecule has 1 aromatic heterocycles. The van der Waals surface area contributed by atoms with Gasteiger partial charge in [0.2, 0.25) is 0 Å². The van der Waals surface area contributed by atoms with Gasteiger partial charge < -0.3 is 5.32 Å². The summed E-state index contributed by atoms with van der Waals surface area (Å²) in [6.45, 7) is 8.56. The van der Waals surface area contributed by atoms with Gasteiger partial charge >= 0.3 is 0 Å². The minimum atomic E-state index is 0.377. The zero-order valence-corrected chi connectivity index (χ0v) is 11.4. The predicted octanol–water partition coefficient (Wildman–Crippen LogP) is 3.16. The Kier molecular flexibility index (Phi) is 3.92. The number of hydrogen-bond acceptors (Lipinski definition) is 3. The average molecular weight is 243 g/mol. The lowest BCUT2D eigenvalue weighted by Gasteiger charge is -2.17. The third kappa shape index (κ3) is 3.77. The van der Waals surface area contributed by atoms with E-state index >= 15 is 0 Å². The van der Waals surface area contributed by atoms with Gasteiger partial charge in [0, 0.05) is 6.54 Å². The third-order valence-corrected chi connectivity index (χ3v) is 2.86. The molecule has 0 aliphatic carbocycles. The quantitative estimate of drug-likeness (QED) is 0.838. The Hall–Kier alpha value is -1.48. The smallest absolute Gasteiger partial charge is 0.0890 e. The van der Waals surface area contributed by atoms with Crippen molar-refractivity contribution in [2.24, 2.45) is 5.41 Å². The molecule has 1 aromatic carbocycles. The van der Waals surface area contributed by atoms with Crippen molar-refractivity contribution < 1.29 is 0 Å². The van der Waals surface area contributed by atoms with E-state index in [0.717, 1.165) is 36.2 Å². The van der Waals surface area contributed by atoms with E-state index in [0.29, 0.717) is 5.41 Å². The zero-order valence-electron chi connectivity index (χ0n) is 11.4. The minimum Gasteiger partial charge on any atom is -0.311 e. The van der Waals surface area contributed by atoms with Crippen LogP contribution in [0.15, 0.2) is 30.5 Å². The van der Waals surface area contributed by atoms with Gasteiger partial charge in [-0.15, -0.1) is 0 Å². The SMILES string of the molecule is CC(C)(C)CCNCc1cnc2ccccc2n1. The molecule has 0 aliphatic rings. The second-order valence-corrected chi connectivity index (χ2v) is 5.84. The van der Waals surface area contributed by atoms with Crippen molar-refractivity contribution in [1.82, 2.24) is 15.3 Å². The number of rotatable bonds is 4. The lowest BCUT2D eigenvalue weighted by molar-refractivity contribution is 0.366. The van der Waals surface area contributed by atoms with Gasteiger partial charge in [-0.05, 0) is 30.5 Å². The number of aromatic nitrogens is 2. The summed E-state index contributed by atoms with van der Waals surface area (Å²) in [7, 11) is 0. The lowest BCUT2D eigenvalue weighted by atomic mass is 9.92. The maximum atomic E-state index is 4.58. The molecule has 0 unspecified atom stereocenters. The molecule has 0 aliphatic heterocycles. The Morgan fingerprint density at radius 1 is 1.11 bits per heavy atom. The van der Waals surface area contributed by atoms with Crippen LogP contribution >= 0.6 is 0 Å². The van der Waals surface area contributed by atoms with Crippen LogP contribution in [-0.2, 0) is 6.54 Å². The first kappa shape index (κ1) is 13.0. The maximum absolute atomic E-state index is 4.58. The molecule has 0 bridgehead atoms. The highest BCUT2D eigenvalue weighted by atomic mass is 14.9. The molecule has 0 saturated carbocycles. The summed E-state index contributed by atoms with van der Waals surface area (Å²) in [6, 6.07) is 7.96. The number of nitrogens with zero attached hydrogens (tertiary/aromatic N) is 2. The monoisotopic (exact) mass is 243 g/mol. The van der Waals surface area contributed by atoms with Crippen molar-refractivity contribution in [3.63, 3.8) is 0 Å². The van der Waals surface area contributed by atoms with Gasteiger partial charge in [0.15, 0.2) is 0 Å². The van der Waals surface area contributed by atoms with Crippen LogP contribution in [0.1, 0.15) is 32.9 Å². The van der Waals surface area contributed by atoms with Crippen molar-refractivity contribution in [1.29, 1.82) is 0 Å². The molecule has 0 fully saturated rings. The van der Waals surface area contributed by atoms with Gasteiger partial charge in [0.1, 0.15) is 0 Å². The molecule has 96 valence electrons. The van der Waals surface area contributed by atoms with Crippen LogP contribution in [0, 0.1) is 5.41 Å². The minimum absolute atomic E-state index is 0.377. The van der Waals surface area contributed by atoms with Crippen molar-refractivity contribution in [3.8, 4) is 0 Å². The van der Waals surface area contributed by atoms with Gasteiger partial charge in [-0.1, -0.05) is 32.9 Å². The van der Waals surface area contributed by atoms with E-state index in [1.165, 1.54) is 0 Å². The van der Waals surface area contributed by atoms with E-state index in [-0.39, 0.29) is 0 Å². The van der Waals surface area contributed by atoms with Crippen LogP contribution in [0.5, 0.6) is 0 Å². The number of hydrogen-bond donors (Lipinski definition) is 1. The van der Waals surface area contributed by atoms with Crippen LogP contribution in [0.3, 0.4) is 0 Å². The van der Waals surface area contributed by atoms with Gasteiger partial charge in [-0.3, -0.25) is 4.98 Å². The highest BCUT2D eigenvalue weighted by Crippen LogP contribution is 2.17. The number of para-hydroxylation sites is 2. The first-order valence-electron chi connectivity index (χ1n) is 6.46. The molecule has 0 atom stereocenters. The Bertz CT molecular complexity index is 514. The molecular weight excluding hydrogens is 222 g/mol. The Morgan fingerprint density at radius 3 is 2.56 bits per heavy atom. The van der Waals surface area contributed by atoms with Crippen molar-refractivity contribution in [2.75, 3.05) is 6.54 Å². The lowest BCUT2D eigenvalue weighted by Crippen LogP contribution is -2.20. The molecule has 1 heterocycles. The molecule has 3 nitrogen and oxygen atoms in total. The molecule has 2 aromatic rings. The van der Waals surface area contributed by atoms with Gasteiger partial charge in [-0.2, -0.15) is 0 Å². The first-order chi connectivity index (χ1) is 8.54. The van der Waals surface area contributed by atoms with E-state index in [9.17, 15) is 0 Å². The van der Waals surface area contributed by atoms with Crippen LogP contribution in [0.4, 0.5) is 0 Å². The summed E-state index contributed by atoms with van der Waals surface area (Å²) in [4.78, 5) is 8.99. The Labute approximate surface area is 109 Å². The third-order valence-electron chi connectivity index (χ3n) is 2.86.